The van der Waals surface area contributed by atoms with E-state index < -0.39 is 97.5 Å². The molecular weight excluding hydrogens is 1130 g/mol. The molecule has 0 saturated carbocycles. The van der Waals surface area contributed by atoms with Crippen LogP contribution in [-0.2, 0) is 65.4 Å². The first-order valence-corrected chi connectivity index (χ1v) is 37.0. The summed E-state index contributed by atoms with van der Waals surface area (Å²) in [5, 5.41) is 10.5. The Morgan fingerprint density at radius 2 is 0.659 bits per heavy atom. The number of phosphoric acid groups is 2. The maximum Gasteiger partial charge on any atom is 0.472 e. The molecule has 0 aromatic rings. The van der Waals surface area contributed by atoms with Crippen molar-refractivity contribution in [3.63, 3.8) is 0 Å². The van der Waals surface area contributed by atoms with Gasteiger partial charge in [-0.25, -0.2) is 9.13 Å². The fraction of sp³-hybridized carbons (Fsp3) is 0.879. The Hall–Kier alpha value is -2.46. The zero-order valence-electron chi connectivity index (χ0n) is 54.2. The first kappa shape index (κ1) is 82.5. The Bertz CT molecular complexity index is 1750. The van der Waals surface area contributed by atoms with E-state index in [1.807, 2.05) is 0 Å². The molecule has 0 rings (SSSR count). The van der Waals surface area contributed by atoms with Gasteiger partial charge in [0, 0.05) is 25.7 Å². The summed E-state index contributed by atoms with van der Waals surface area (Å²) in [6.45, 7) is 7.00. The maximum atomic E-state index is 13.0. The minimum absolute atomic E-state index is 0.0852. The van der Waals surface area contributed by atoms with Crippen LogP contribution >= 0.6 is 15.6 Å². The minimum Gasteiger partial charge on any atom is -0.462 e. The standard InChI is InChI=1S/C66H124O17P2/c1-6-10-13-16-18-20-22-24-26-28-30-32-34-40-45-50-64(69)77-56-62(82-65(70)51-46-41-35-33-31-29-27-25-23-21-19-17-14-11-7-2)58-81-85(74,75)79-54-60(67)53-78-84(72,73)80-57-61(55-76-63(68)49-44-38-15-12-8-3)83-66(71)52-47-42-37-36-39-43-48-59(5)9-4/h21,23,25,27,59-62,67H,6-20,22,24,26,28-58H2,1-5H3,(H,72,73)(H,74,75)/b23-21-,27-25-/t59?,60-,61+,62+/m0/s1. The molecule has 0 amide bonds. The van der Waals surface area contributed by atoms with Crippen molar-refractivity contribution < 1.29 is 80.2 Å². The van der Waals surface area contributed by atoms with Crippen LogP contribution in [0.1, 0.15) is 311 Å². The van der Waals surface area contributed by atoms with E-state index in [1.54, 1.807) is 0 Å². The number of aliphatic hydroxyl groups excluding tert-OH is 1. The molecular formula is C66H124O17P2. The van der Waals surface area contributed by atoms with Gasteiger partial charge in [0.25, 0.3) is 0 Å². The summed E-state index contributed by atoms with van der Waals surface area (Å²) < 4.78 is 67.8. The zero-order valence-corrected chi connectivity index (χ0v) is 56.0. The zero-order chi connectivity index (χ0) is 62.8. The lowest BCUT2D eigenvalue weighted by molar-refractivity contribution is -0.161. The molecule has 0 aliphatic carbocycles. The fourth-order valence-corrected chi connectivity index (χ4v) is 10.9. The molecule has 85 heavy (non-hydrogen) atoms. The first-order valence-electron chi connectivity index (χ1n) is 34.0. The molecule has 0 radical (unpaired) electrons. The van der Waals surface area contributed by atoms with Crippen LogP contribution in [0.25, 0.3) is 0 Å². The number of carbonyl (C=O) groups excluding carboxylic acids is 4. The van der Waals surface area contributed by atoms with Gasteiger partial charge >= 0.3 is 39.5 Å². The molecule has 6 atom stereocenters. The minimum atomic E-state index is -4.95. The average molecular weight is 1250 g/mol. The smallest absolute Gasteiger partial charge is 0.462 e. The van der Waals surface area contributed by atoms with Gasteiger partial charge in [0.1, 0.15) is 19.3 Å². The summed E-state index contributed by atoms with van der Waals surface area (Å²) in [7, 11) is -9.89. The van der Waals surface area contributed by atoms with Gasteiger partial charge in [0.2, 0.25) is 0 Å². The molecule has 0 aromatic carbocycles. The van der Waals surface area contributed by atoms with E-state index >= 15 is 0 Å². The van der Waals surface area contributed by atoms with Gasteiger partial charge in [0.05, 0.1) is 26.4 Å². The first-order chi connectivity index (χ1) is 41.1. The third kappa shape index (κ3) is 59.0. The van der Waals surface area contributed by atoms with Crippen LogP contribution in [0.3, 0.4) is 0 Å². The van der Waals surface area contributed by atoms with E-state index in [0.29, 0.717) is 25.7 Å². The molecule has 0 aromatic heterocycles. The highest BCUT2D eigenvalue weighted by Gasteiger charge is 2.30. The van der Waals surface area contributed by atoms with Gasteiger partial charge in [-0.05, 0) is 57.3 Å². The van der Waals surface area contributed by atoms with Gasteiger partial charge in [-0.3, -0.25) is 37.3 Å². The van der Waals surface area contributed by atoms with Crippen molar-refractivity contribution in [2.24, 2.45) is 5.92 Å². The molecule has 500 valence electrons. The molecule has 3 unspecified atom stereocenters. The topological polar surface area (TPSA) is 237 Å². The summed E-state index contributed by atoms with van der Waals surface area (Å²) >= 11 is 0. The predicted octanol–water partition coefficient (Wildman–Crippen LogP) is 18.1. The number of ether oxygens (including phenoxy) is 4. The van der Waals surface area contributed by atoms with Crippen LogP contribution in [0.5, 0.6) is 0 Å². The van der Waals surface area contributed by atoms with Crippen LogP contribution in [0.2, 0.25) is 0 Å². The number of allylic oxidation sites excluding steroid dienone is 4. The lowest BCUT2D eigenvalue weighted by Gasteiger charge is -2.21. The lowest BCUT2D eigenvalue weighted by atomic mass is 10.00. The molecule has 17 nitrogen and oxygen atoms in total. The van der Waals surface area contributed by atoms with Crippen molar-refractivity contribution in [3.8, 4) is 0 Å². The average Bonchev–Trinajstić information content (AvgIpc) is 3.58. The van der Waals surface area contributed by atoms with E-state index in [4.69, 9.17) is 37.0 Å². The Morgan fingerprint density at radius 1 is 0.376 bits per heavy atom. The Balaban J connectivity index is 5.21. The van der Waals surface area contributed by atoms with Crippen LogP contribution in [-0.4, -0.2) is 96.7 Å². The molecule has 0 bridgehead atoms. The summed E-state index contributed by atoms with van der Waals surface area (Å²) in [5.74, 6) is -1.45. The molecule has 0 aliphatic rings. The summed E-state index contributed by atoms with van der Waals surface area (Å²) in [6.07, 6.45) is 47.1. The fourth-order valence-electron chi connectivity index (χ4n) is 9.36. The van der Waals surface area contributed by atoms with Crippen molar-refractivity contribution in [3.05, 3.63) is 24.3 Å². The number of rotatable bonds is 64. The number of aliphatic hydroxyl groups is 1. The number of phosphoric ester groups is 2. The van der Waals surface area contributed by atoms with E-state index in [-0.39, 0.29) is 25.7 Å². The normalized spacial score (nSPS) is 14.7. The third-order valence-corrected chi connectivity index (χ3v) is 16.9. The Morgan fingerprint density at radius 3 is 1.00 bits per heavy atom. The Labute approximate surface area is 516 Å². The number of hydrogen-bond acceptors (Lipinski definition) is 15. The summed E-state index contributed by atoms with van der Waals surface area (Å²) in [4.78, 5) is 72.0. The number of carbonyl (C=O) groups is 4. The van der Waals surface area contributed by atoms with Crippen LogP contribution in [0, 0.1) is 5.92 Å². The van der Waals surface area contributed by atoms with Crippen molar-refractivity contribution >= 4 is 39.5 Å². The van der Waals surface area contributed by atoms with Gasteiger partial charge in [-0.1, -0.05) is 258 Å². The van der Waals surface area contributed by atoms with Crippen molar-refractivity contribution in [2.75, 3.05) is 39.6 Å². The molecule has 19 heteroatoms. The predicted molar refractivity (Wildman–Crippen MR) is 340 cm³/mol. The second kappa shape index (κ2) is 59.2. The largest absolute Gasteiger partial charge is 0.472 e. The van der Waals surface area contributed by atoms with Crippen LogP contribution in [0.15, 0.2) is 24.3 Å². The van der Waals surface area contributed by atoms with Gasteiger partial charge in [0.15, 0.2) is 12.2 Å². The van der Waals surface area contributed by atoms with Gasteiger partial charge < -0.3 is 33.8 Å². The second-order valence-corrected chi connectivity index (χ2v) is 26.3. The monoisotopic (exact) mass is 1250 g/mol. The molecule has 3 N–H and O–H groups in total. The maximum absolute atomic E-state index is 13.0. The number of esters is 4. The SMILES string of the molecule is CCCCCC/C=C\C=C/CCCCCCCC(=O)O[C@H](COC(=O)CCCCCCCCCCCCCCCCC)COP(=O)(O)OC[C@@H](O)COP(=O)(O)OC[C@@H](COC(=O)CCCCCCC)OC(=O)CCCCCCCCC(C)CC. The lowest BCUT2D eigenvalue weighted by Crippen LogP contribution is -2.30. The van der Waals surface area contributed by atoms with Crippen LogP contribution in [0.4, 0.5) is 0 Å². The molecule has 0 saturated heterocycles. The van der Waals surface area contributed by atoms with Crippen molar-refractivity contribution in [1.82, 2.24) is 0 Å². The van der Waals surface area contributed by atoms with Crippen molar-refractivity contribution in [2.45, 2.75) is 329 Å². The highest BCUT2D eigenvalue weighted by atomic mass is 31.2. The third-order valence-electron chi connectivity index (χ3n) is 15.0. The number of unbranched alkanes of at least 4 members (excludes halogenated alkanes) is 32. The highest BCUT2D eigenvalue weighted by Crippen LogP contribution is 2.45. The van der Waals surface area contributed by atoms with Gasteiger partial charge in [-0.2, -0.15) is 0 Å². The van der Waals surface area contributed by atoms with Crippen LogP contribution < -0.4 is 0 Å². The van der Waals surface area contributed by atoms with Gasteiger partial charge in [-0.15, -0.1) is 0 Å². The second-order valence-electron chi connectivity index (χ2n) is 23.4. The molecule has 0 fully saturated rings. The quantitative estimate of drug-likeness (QED) is 0.0169. The van der Waals surface area contributed by atoms with Crippen molar-refractivity contribution in [1.29, 1.82) is 0 Å². The van der Waals surface area contributed by atoms with E-state index in [2.05, 4.69) is 58.9 Å². The highest BCUT2D eigenvalue weighted by molar-refractivity contribution is 7.47. The molecule has 0 aliphatic heterocycles. The molecule has 0 heterocycles. The Kier molecular flexibility index (Phi) is 57.5. The summed E-state index contributed by atoms with van der Waals surface area (Å²) in [5.41, 5.74) is 0. The van der Waals surface area contributed by atoms with E-state index in [9.17, 15) is 43.2 Å². The number of hydrogen-bond donors (Lipinski definition) is 3. The van der Waals surface area contributed by atoms with E-state index in [1.165, 1.54) is 116 Å². The van der Waals surface area contributed by atoms with E-state index in [0.717, 1.165) is 115 Å². The molecule has 0 spiro atoms. The summed E-state index contributed by atoms with van der Waals surface area (Å²) in [6, 6.07) is 0.